The average Bonchev–Trinajstić information content (AvgIpc) is 2.95. The summed E-state index contributed by atoms with van der Waals surface area (Å²) in [4.78, 5) is 18.0. The second kappa shape index (κ2) is 6.79. The lowest BCUT2D eigenvalue weighted by Gasteiger charge is -2.31. The molecule has 1 aromatic rings. The molecule has 5 heteroatoms. The zero-order valence-electron chi connectivity index (χ0n) is 12.8. The van der Waals surface area contributed by atoms with Crippen molar-refractivity contribution in [2.24, 2.45) is 5.92 Å². The van der Waals surface area contributed by atoms with Gasteiger partial charge in [-0.05, 0) is 42.2 Å². The normalized spacial score (nSPS) is 20.3. The standard InChI is InChI=1S/C16H25N3OS/c1-13-2-8-19(9-3-13)16(20)17-6-10-18-7-4-15-14(12-18)5-11-21-15/h5,11,13H,2-4,6-10,12H2,1H3,(H,17,20). The van der Waals surface area contributed by atoms with Crippen molar-refractivity contribution in [2.45, 2.75) is 32.7 Å². The SMILES string of the molecule is CC1CCN(C(=O)NCCN2CCc3sccc3C2)CC1. The Labute approximate surface area is 131 Å². The number of rotatable bonds is 3. The molecule has 116 valence electrons. The summed E-state index contributed by atoms with van der Waals surface area (Å²) in [5, 5.41) is 5.27. The Morgan fingerprint density at radius 3 is 3.00 bits per heavy atom. The molecule has 1 fully saturated rings. The molecule has 3 heterocycles. The van der Waals surface area contributed by atoms with Crippen LogP contribution in [0, 0.1) is 5.92 Å². The number of carbonyl (C=O) groups is 1. The third-order valence-electron chi connectivity index (χ3n) is 4.66. The molecule has 2 aliphatic heterocycles. The molecule has 1 N–H and O–H groups in total. The largest absolute Gasteiger partial charge is 0.337 e. The lowest BCUT2D eigenvalue weighted by molar-refractivity contribution is 0.171. The van der Waals surface area contributed by atoms with Crippen LogP contribution in [0.5, 0.6) is 0 Å². The lowest BCUT2D eigenvalue weighted by atomic mass is 10.00. The van der Waals surface area contributed by atoms with Crippen LogP contribution in [-0.2, 0) is 13.0 Å². The molecule has 0 spiro atoms. The summed E-state index contributed by atoms with van der Waals surface area (Å²) in [7, 11) is 0. The smallest absolute Gasteiger partial charge is 0.317 e. The molecule has 0 atom stereocenters. The highest BCUT2D eigenvalue weighted by Crippen LogP contribution is 2.23. The number of piperidine rings is 1. The predicted octanol–water partition coefficient (Wildman–Crippen LogP) is 2.55. The van der Waals surface area contributed by atoms with Crippen LogP contribution in [-0.4, -0.2) is 48.6 Å². The number of hydrogen-bond acceptors (Lipinski definition) is 3. The van der Waals surface area contributed by atoms with Crippen molar-refractivity contribution in [3.05, 3.63) is 21.9 Å². The Morgan fingerprint density at radius 1 is 1.38 bits per heavy atom. The number of hydrogen-bond donors (Lipinski definition) is 1. The Kier molecular flexibility index (Phi) is 4.80. The Hall–Kier alpha value is -1.07. The quantitative estimate of drug-likeness (QED) is 0.931. The third kappa shape index (κ3) is 3.77. The van der Waals surface area contributed by atoms with Crippen LogP contribution in [0.3, 0.4) is 0 Å². The number of amides is 2. The molecule has 1 saturated heterocycles. The maximum atomic E-state index is 12.1. The second-order valence-corrected chi connectivity index (χ2v) is 7.30. The summed E-state index contributed by atoms with van der Waals surface area (Å²) < 4.78 is 0. The fraction of sp³-hybridized carbons (Fsp3) is 0.688. The van der Waals surface area contributed by atoms with Crippen LogP contribution < -0.4 is 5.32 Å². The lowest BCUT2D eigenvalue weighted by Crippen LogP contribution is -2.46. The van der Waals surface area contributed by atoms with E-state index >= 15 is 0 Å². The zero-order chi connectivity index (χ0) is 14.7. The van der Waals surface area contributed by atoms with E-state index in [0.717, 1.165) is 64.4 Å². The highest BCUT2D eigenvalue weighted by Gasteiger charge is 2.20. The molecule has 4 nitrogen and oxygen atoms in total. The molecular weight excluding hydrogens is 282 g/mol. The van der Waals surface area contributed by atoms with Gasteiger partial charge in [-0.3, -0.25) is 4.90 Å². The van der Waals surface area contributed by atoms with E-state index in [0.29, 0.717) is 0 Å². The van der Waals surface area contributed by atoms with Crippen LogP contribution in [0.25, 0.3) is 0 Å². The summed E-state index contributed by atoms with van der Waals surface area (Å²) >= 11 is 1.87. The molecule has 2 aliphatic rings. The van der Waals surface area contributed by atoms with Crippen LogP contribution in [0.15, 0.2) is 11.4 Å². The summed E-state index contributed by atoms with van der Waals surface area (Å²) in [6, 6.07) is 2.36. The highest BCUT2D eigenvalue weighted by molar-refractivity contribution is 7.10. The average molecular weight is 307 g/mol. The monoisotopic (exact) mass is 307 g/mol. The van der Waals surface area contributed by atoms with Gasteiger partial charge in [0.25, 0.3) is 0 Å². The van der Waals surface area contributed by atoms with Crippen LogP contribution in [0.1, 0.15) is 30.2 Å². The predicted molar refractivity (Wildman–Crippen MR) is 86.7 cm³/mol. The maximum absolute atomic E-state index is 12.1. The van der Waals surface area contributed by atoms with E-state index in [-0.39, 0.29) is 6.03 Å². The number of nitrogens with zero attached hydrogens (tertiary/aromatic N) is 2. The number of likely N-dealkylation sites (tertiary alicyclic amines) is 1. The molecule has 0 aliphatic carbocycles. The number of nitrogens with one attached hydrogen (secondary N) is 1. The minimum atomic E-state index is 0.120. The Morgan fingerprint density at radius 2 is 2.19 bits per heavy atom. The summed E-state index contributed by atoms with van der Waals surface area (Å²) in [5.74, 6) is 0.766. The van der Waals surface area contributed by atoms with Crippen molar-refractivity contribution >= 4 is 17.4 Å². The molecule has 2 amide bonds. The van der Waals surface area contributed by atoms with Crippen molar-refractivity contribution in [3.63, 3.8) is 0 Å². The van der Waals surface area contributed by atoms with Gasteiger partial charge in [-0.25, -0.2) is 4.79 Å². The van der Waals surface area contributed by atoms with Crippen molar-refractivity contribution in [2.75, 3.05) is 32.7 Å². The minimum absolute atomic E-state index is 0.120. The van der Waals surface area contributed by atoms with E-state index in [4.69, 9.17) is 0 Å². The van der Waals surface area contributed by atoms with Gasteiger partial charge in [0.1, 0.15) is 0 Å². The molecule has 1 aromatic heterocycles. The molecule has 21 heavy (non-hydrogen) atoms. The second-order valence-electron chi connectivity index (χ2n) is 6.30. The third-order valence-corrected chi connectivity index (χ3v) is 5.68. The van der Waals surface area contributed by atoms with Gasteiger partial charge in [0.2, 0.25) is 0 Å². The van der Waals surface area contributed by atoms with Gasteiger partial charge in [-0.15, -0.1) is 11.3 Å². The highest BCUT2D eigenvalue weighted by atomic mass is 32.1. The Bertz CT molecular complexity index is 480. The zero-order valence-corrected chi connectivity index (χ0v) is 13.6. The summed E-state index contributed by atoms with van der Waals surface area (Å²) in [6.07, 6.45) is 3.44. The van der Waals surface area contributed by atoms with Crippen molar-refractivity contribution < 1.29 is 4.79 Å². The first-order chi connectivity index (χ1) is 10.2. The first-order valence-electron chi connectivity index (χ1n) is 8.03. The van der Waals surface area contributed by atoms with Crippen LogP contribution >= 0.6 is 11.3 Å². The van der Waals surface area contributed by atoms with E-state index < -0.39 is 0 Å². The van der Waals surface area contributed by atoms with Crippen molar-refractivity contribution in [1.29, 1.82) is 0 Å². The van der Waals surface area contributed by atoms with Crippen LogP contribution in [0.2, 0.25) is 0 Å². The Balaban J connectivity index is 1.37. The number of carbonyl (C=O) groups excluding carboxylic acids is 1. The van der Waals surface area contributed by atoms with Gasteiger partial charge in [0.05, 0.1) is 0 Å². The molecule has 0 saturated carbocycles. The minimum Gasteiger partial charge on any atom is -0.337 e. The van der Waals surface area contributed by atoms with Crippen molar-refractivity contribution in [3.8, 4) is 0 Å². The van der Waals surface area contributed by atoms with Gasteiger partial charge in [0.15, 0.2) is 0 Å². The summed E-state index contributed by atoms with van der Waals surface area (Å²) in [5.41, 5.74) is 1.47. The fourth-order valence-corrected chi connectivity index (χ4v) is 4.03. The first kappa shape index (κ1) is 14.9. The van der Waals surface area contributed by atoms with Crippen LogP contribution in [0.4, 0.5) is 4.79 Å². The van der Waals surface area contributed by atoms with E-state index in [9.17, 15) is 4.79 Å². The number of fused-ring (bicyclic) bond motifs is 1. The first-order valence-corrected chi connectivity index (χ1v) is 8.90. The molecule has 0 aromatic carbocycles. The van der Waals surface area contributed by atoms with Gasteiger partial charge in [-0.1, -0.05) is 6.92 Å². The molecular formula is C16H25N3OS. The summed E-state index contributed by atoms with van der Waals surface area (Å²) in [6.45, 7) is 7.95. The van der Waals surface area contributed by atoms with Gasteiger partial charge < -0.3 is 10.2 Å². The molecule has 0 unspecified atom stereocenters. The van der Waals surface area contributed by atoms with E-state index in [1.807, 2.05) is 16.2 Å². The maximum Gasteiger partial charge on any atom is 0.317 e. The van der Waals surface area contributed by atoms with E-state index in [1.165, 1.54) is 10.4 Å². The van der Waals surface area contributed by atoms with Crippen molar-refractivity contribution in [1.82, 2.24) is 15.1 Å². The molecule has 0 bridgehead atoms. The van der Waals surface area contributed by atoms with E-state index in [2.05, 4.69) is 28.6 Å². The number of thiophene rings is 1. The molecule has 0 radical (unpaired) electrons. The molecule has 3 rings (SSSR count). The van der Waals surface area contributed by atoms with Gasteiger partial charge >= 0.3 is 6.03 Å². The van der Waals surface area contributed by atoms with Gasteiger partial charge in [-0.2, -0.15) is 0 Å². The van der Waals surface area contributed by atoms with Gasteiger partial charge in [0, 0.05) is 44.1 Å². The topological polar surface area (TPSA) is 35.6 Å². The van der Waals surface area contributed by atoms with E-state index in [1.54, 1.807) is 0 Å². The fourth-order valence-electron chi connectivity index (χ4n) is 3.14. The number of urea groups is 1.